The lowest BCUT2D eigenvalue weighted by atomic mass is 10.2. The Morgan fingerprint density at radius 3 is 2.65 bits per heavy atom. The second kappa shape index (κ2) is 6.83. The SMILES string of the molecule is O=C(Nc1ncnc2c1nc(-c1c(Cl)cccc1Cl)n2CCO)C1CC1. The van der Waals surface area contributed by atoms with Gasteiger partial charge in [0.25, 0.3) is 0 Å². The van der Waals surface area contributed by atoms with Gasteiger partial charge in [0, 0.05) is 12.5 Å². The lowest BCUT2D eigenvalue weighted by molar-refractivity contribution is -0.117. The van der Waals surface area contributed by atoms with Crippen molar-refractivity contribution in [2.45, 2.75) is 19.4 Å². The third-order valence-electron chi connectivity index (χ3n) is 4.23. The van der Waals surface area contributed by atoms with E-state index in [0.29, 0.717) is 38.4 Å². The summed E-state index contributed by atoms with van der Waals surface area (Å²) in [6.07, 6.45) is 3.14. The molecule has 0 spiro atoms. The van der Waals surface area contributed by atoms with Gasteiger partial charge in [0.2, 0.25) is 5.91 Å². The fourth-order valence-corrected chi connectivity index (χ4v) is 3.37. The number of aromatic nitrogens is 4. The molecule has 2 heterocycles. The van der Waals surface area contributed by atoms with Crippen LogP contribution < -0.4 is 5.32 Å². The molecular formula is C17H15Cl2N5O2. The first-order chi connectivity index (χ1) is 12.6. The molecular weight excluding hydrogens is 377 g/mol. The van der Waals surface area contributed by atoms with Crippen LogP contribution in [0.1, 0.15) is 12.8 Å². The van der Waals surface area contributed by atoms with E-state index in [1.165, 1.54) is 6.33 Å². The van der Waals surface area contributed by atoms with Crippen LogP contribution in [-0.2, 0) is 11.3 Å². The lowest BCUT2D eigenvalue weighted by Crippen LogP contribution is -2.15. The molecule has 0 bridgehead atoms. The van der Waals surface area contributed by atoms with Crippen LogP contribution >= 0.6 is 23.2 Å². The maximum atomic E-state index is 12.1. The Kier molecular flexibility index (Phi) is 4.52. The zero-order valence-electron chi connectivity index (χ0n) is 13.6. The Hall–Kier alpha value is -2.22. The predicted molar refractivity (Wildman–Crippen MR) is 99.2 cm³/mol. The van der Waals surface area contributed by atoms with Gasteiger partial charge in [-0.3, -0.25) is 4.79 Å². The molecule has 1 saturated carbocycles. The molecule has 1 fully saturated rings. The molecule has 134 valence electrons. The number of imidazole rings is 1. The van der Waals surface area contributed by atoms with Gasteiger partial charge in [-0.25, -0.2) is 15.0 Å². The first kappa shape index (κ1) is 17.2. The number of hydrogen-bond donors (Lipinski definition) is 2. The second-order valence-electron chi connectivity index (χ2n) is 6.07. The van der Waals surface area contributed by atoms with E-state index in [2.05, 4.69) is 20.3 Å². The Morgan fingerprint density at radius 2 is 2.00 bits per heavy atom. The smallest absolute Gasteiger partial charge is 0.228 e. The monoisotopic (exact) mass is 391 g/mol. The molecule has 0 radical (unpaired) electrons. The van der Waals surface area contributed by atoms with Gasteiger partial charge in [-0.15, -0.1) is 0 Å². The molecule has 0 saturated heterocycles. The van der Waals surface area contributed by atoms with Gasteiger partial charge in [0.05, 0.1) is 22.2 Å². The van der Waals surface area contributed by atoms with Gasteiger partial charge in [-0.1, -0.05) is 29.3 Å². The molecule has 2 aromatic heterocycles. The largest absolute Gasteiger partial charge is 0.395 e. The average Bonchev–Trinajstić information content (AvgIpc) is 3.40. The van der Waals surface area contributed by atoms with Crippen molar-refractivity contribution in [3.63, 3.8) is 0 Å². The fraction of sp³-hybridized carbons (Fsp3) is 0.294. The van der Waals surface area contributed by atoms with Crippen LogP contribution in [-0.4, -0.2) is 37.1 Å². The van der Waals surface area contributed by atoms with Crippen molar-refractivity contribution in [3.05, 3.63) is 34.6 Å². The maximum Gasteiger partial charge on any atom is 0.228 e. The summed E-state index contributed by atoms with van der Waals surface area (Å²) in [6, 6.07) is 5.17. The molecule has 1 aliphatic carbocycles. The second-order valence-corrected chi connectivity index (χ2v) is 6.88. The summed E-state index contributed by atoms with van der Waals surface area (Å²) in [7, 11) is 0. The average molecular weight is 392 g/mol. The molecule has 0 atom stereocenters. The van der Waals surface area contributed by atoms with E-state index in [9.17, 15) is 9.90 Å². The van der Waals surface area contributed by atoms with Crippen LogP contribution in [0.25, 0.3) is 22.6 Å². The molecule has 1 amide bonds. The van der Waals surface area contributed by atoms with Crippen LogP contribution in [0.2, 0.25) is 10.0 Å². The Morgan fingerprint density at radius 1 is 1.27 bits per heavy atom. The molecule has 4 rings (SSSR count). The van der Waals surface area contributed by atoms with Gasteiger partial charge in [-0.05, 0) is 25.0 Å². The fourth-order valence-electron chi connectivity index (χ4n) is 2.81. The molecule has 0 aliphatic heterocycles. The number of carbonyl (C=O) groups is 1. The number of nitrogens with one attached hydrogen (secondary N) is 1. The summed E-state index contributed by atoms with van der Waals surface area (Å²) >= 11 is 12.7. The van der Waals surface area contributed by atoms with Crippen LogP contribution in [0.15, 0.2) is 24.5 Å². The van der Waals surface area contributed by atoms with Crippen molar-refractivity contribution >= 4 is 46.1 Å². The van der Waals surface area contributed by atoms with Crippen molar-refractivity contribution in [2.24, 2.45) is 5.92 Å². The Balaban J connectivity index is 1.90. The number of fused-ring (bicyclic) bond motifs is 1. The van der Waals surface area contributed by atoms with Gasteiger partial charge >= 0.3 is 0 Å². The third-order valence-corrected chi connectivity index (χ3v) is 4.86. The number of amides is 1. The minimum atomic E-state index is -0.117. The number of benzene rings is 1. The molecule has 1 aromatic carbocycles. The number of anilines is 1. The molecule has 0 unspecified atom stereocenters. The van der Waals surface area contributed by atoms with Crippen LogP contribution in [0.5, 0.6) is 0 Å². The minimum Gasteiger partial charge on any atom is -0.395 e. The maximum absolute atomic E-state index is 12.1. The molecule has 2 N–H and O–H groups in total. The first-order valence-electron chi connectivity index (χ1n) is 8.17. The number of hydrogen-bond acceptors (Lipinski definition) is 5. The topological polar surface area (TPSA) is 92.9 Å². The summed E-state index contributed by atoms with van der Waals surface area (Å²) in [6.45, 7) is 0.134. The minimum absolute atomic E-state index is 0.0389. The highest BCUT2D eigenvalue weighted by atomic mass is 35.5. The van der Waals surface area contributed by atoms with E-state index in [1.54, 1.807) is 22.8 Å². The van der Waals surface area contributed by atoms with Crippen molar-refractivity contribution in [3.8, 4) is 11.4 Å². The quantitative estimate of drug-likeness (QED) is 0.696. The highest BCUT2D eigenvalue weighted by Gasteiger charge is 2.31. The van der Waals surface area contributed by atoms with E-state index in [1.807, 2.05) is 0 Å². The standard InChI is InChI=1S/C17H15Cl2N5O2/c18-10-2-1-3-11(19)12(10)15-22-13-14(23-17(26)9-4-5-9)20-8-21-16(13)24(15)6-7-25/h1-3,8-9,25H,4-7H2,(H,20,21,23,26). The van der Waals surface area contributed by atoms with Gasteiger partial charge < -0.3 is 15.0 Å². The number of aliphatic hydroxyl groups is 1. The predicted octanol–water partition coefficient (Wildman–Crippen LogP) is 3.14. The Bertz CT molecular complexity index is 980. The molecule has 9 heteroatoms. The molecule has 26 heavy (non-hydrogen) atoms. The third kappa shape index (κ3) is 3.02. The lowest BCUT2D eigenvalue weighted by Gasteiger charge is -2.09. The van der Waals surface area contributed by atoms with Crippen molar-refractivity contribution in [1.82, 2.24) is 19.5 Å². The summed E-state index contributed by atoms with van der Waals surface area (Å²) < 4.78 is 1.72. The van der Waals surface area contributed by atoms with Gasteiger partial charge in [0.1, 0.15) is 12.2 Å². The summed E-state index contributed by atoms with van der Waals surface area (Å²) in [5, 5.41) is 13.2. The van der Waals surface area contributed by atoms with Crippen LogP contribution in [0.4, 0.5) is 5.82 Å². The number of nitrogens with zero attached hydrogens (tertiary/aromatic N) is 4. The van der Waals surface area contributed by atoms with Crippen molar-refractivity contribution < 1.29 is 9.90 Å². The van der Waals surface area contributed by atoms with Crippen molar-refractivity contribution in [2.75, 3.05) is 11.9 Å². The van der Waals surface area contributed by atoms with E-state index in [0.717, 1.165) is 12.8 Å². The van der Waals surface area contributed by atoms with Gasteiger partial charge in [-0.2, -0.15) is 0 Å². The van der Waals surface area contributed by atoms with Gasteiger partial charge in [0.15, 0.2) is 17.0 Å². The molecule has 1 aliphatic rings. The normalized spacial score (nSPS) is 14.0. The Labute approximate surface area is 159 Å². The van der Waals surface area contributed by atoms with E-state index >= 15 is 0 Å². The summed E-state index contributed by atoms with van der Waals surface area (Å²) in [5.74, 6) is 0.774. The molecule has 3 aromatic rings. The zero-order valence-corrected chi connectivity index (χ0v) is 15.1. The molecule has 7 nitrogen and oxygen atoms in total. The zero-order chi connectivity index (χ0) is 18.3. The number of rotatable bonds is 5. The van der Waals surface area contributed by atoms with E-state index < -0.39 is 0 Å². The highest BCUT2D eigenvalue weighted by molar-refractivity contribution is 6.39. The highest BCUT2D eigenvalue weighted by Crippen LogP contribution is 2.37. The summed E-state index contributed by atoms with van der Waals surface area (Å²) in [5.41, 5.74) is 1.47. The number of carbonyl (C=O) groups excluding carboxylic acids is 1. The van der Waals surface area contributed by atoms with Crippen molar-refractivity contribution in [1.29, 1.82) is 0 Å². The van der Waals surface area contributed by atoms with Crippen LogP contribution in [0, 0.1) is 5.92 Å². The summed E-state index contributed by atoms with van der Waals surface area (Å²) in [4.78, 5) is 25.2. The number of aliphatic hydroxyl groups excluding tert-OH is 1. The first-order valence-corrected chi connectivity index (χ1v) is 8.93. The van der Waals surface area contributed by atoms with E-state index in [4.69, 9.17) is 23.2 Å². The van der Waals surface area contributed by atoms with Crippen LogP contribution in [0.3, 0.4) is 0 Å². The number of halogens is 2. The van der Waals surface area contributed by atoms with E-state index in [-0.39, 0.29) is 25.0 Å².